The number of benzene rings is 1. The number of fused-ring (bicyclic) bond motifs is 1. The van der Waals surface area contributed by atoms with Crippen LogP contribution < -0.4 is 10.4 Å². The fourth-order valence-electron chi connectivity index (χ4n) is 2.20. The van der Waals surface area contributed by atoms with Gasteiger partial charge in [0.1, 0.15) is 16.9 Å². The van der Waals surface area contributed by atoms with Crippen molar-refractivity contribution in [3.8, 4) is 5.75 Å². The molecule has 0 saturated heterocycles. The van der Waals surface area contributed by atoms with Crippen molar-refractivity contribution in [3.05, 3.63) is 40.2 Å². The molecular weight excluding hydrogens is 282 g/mol. The van der Waals surface area contributed by atoms with Crippen LogP contribution in [0.1, 0.15) is 37.0 Å². The van der Waals surface area contributed by atoms with Gasteiger partial charge in [-0.15, -0.1) is 0 Å². The first-order valence-corrected chi connectivity index (χ1v) is 7.53. The summed E-state index contributed by atoms with van der Waals surface area (Å²) >= 11 is 0. The summed E-state index contributed by atoms with van der Waals surface area (Å²) in [6.45, 7) is 5.09. The Balaban J connectivity index is 2.35. The molecule has 0 aliphatic rings. The summed E-state index contributed by atoms with van der Waals surface area (Å²) in [5.41, 5.74) is -0.131. The monoisotopic (exact) mass is 303 g/mol. The van der Waals surface area contributed by atoms with Crippen LogP contribution >= 0.6 is 0 Å². The Morgan fingerprint density at radius 3 is 2.73 bits per heavy atom. The Kier molecular flexibility index (Phi) is 5.20. The van der Waals surface area contributed by atoms with Crippen molar-refractivity contribution in [1.29, 1.82) is 0 Å². The van der Waals surface area contributed by atoms with Crippen molar-refractivity contribution < 1.29 is 13.9 Å². The summed E-state index contributed by atoms with van der Waals surface area (Å²) in [4.78, 5) is 25.9. The molecule has 1 amide bonds. The van der Waals surface area contributed by atoms with E-state index in [1.807, 2.05) is 6.92 Å². The van der Waals surface area contributed by atoms with Gasteiger partial charge in [-0.3, -0.25) is 4.79 Å². The summed E-state index contributed by atoms with van der Waals surface area (Å²) in [7, 11) is 1.69. The third-order valence-electron chi connectivity index (χ3n) is 3.44. The minimum absolute atomic E-state index is 0.0651. The van der Waals surface area contributed by atoms with Gasteiger partial charge in [0.05, 0.1) is 6.61 Å². The lowest BCUT2D eigenvalue weighted by atomic mass is 10.1. The summed E-state index contributed by atoms with van der Waals surface area (Å²) < 4.78 is 10.6. The van der Waals surface area contributed by atoms with Gasteiger partial charge in [-0.1, -0.05) is 13.3 Å². The third-order valence-corrected chi connectivity index (χ3v) is 3.44. The first-order chi connectivity index (χ1) is 10.6. The molecule has 0 aliphatic carbocycles. The highest BCUT2D eigenvalue weighted by Gasteiger charge is 2.17. The van der Waals surface area contributed by atoms with E-state index in [1.54, 1.807) is 36.2 Å². The van der Waals surface area contributed by atoms with Gasteiger partial charge in [0.2, 0.25) is 0 Å². The van der Waals surface area contributed by atoms with Crippen LogP contribution in [0.2, 0.25) is 0 Å². The molecule has 2 rings (SSSR count). The molecule has 5 nitrogen and oxygen atoms in total. The second-order valence-electron chi connectivity index (χ2n) is 5.16. The third kappa shape index (κ3) is 3.47. The molecule has 0 spiro atoms. The Bertz CT molecular complexity index is 720. The molecule has 0 radical (unpaired) electrons. The smallest absolute Gasteiger partial charge is 0.349 e. The predicted octanol–water partition coefficient (Wildman–Crippen LogP) is 3.06. The summed E-state index contributed by atoms with van der Waals surface area (Å²) in [6.07, 6.45) is 1.89. The van der Waals surface area contributed by atoms with E-state index in [1.165, 1.54) is 0 Å². The second-order valence-corrected chi connectivity index (χ2v) is 5.16. The van der Waals surface area contributed by atoms with E-state index in [4.69, 9.17) is 9.15 Å². The van der Waals surface area contributed by atoms with Crippen LogP contribution in [0.4, 0.5) is 0 Å². The van der Waals surface area contributed by atoms with Crippen molar-refractivity contribution in [2.24, 2.45) is 0 Å². The van der Waals surface area contributed by atoms with Crippen molar-refractivity contribution >= 4 is 16.9 Å². The van der Waals surface area contributed by atoms with E-state index < -0.39 is 5.63 Å². The van der Waals surface area contributed by atoms with Gasteiger partial charge in [0, 0.05) is 25.0 Å². The molecule has 0 aliphatic heterocycles. The van der Waals surface area contributed by atoms with E-state index >= 15 is 0 Å². The lowest BCUT2D eigenvalue weighted by Crippen LogP contribution is -2.31. The number of carbonyl (C=O) groups excluding carboxylic acids is 1. The molecule has 0 N–H and O–H groups in total. The standard InChI is InChI=1S/C17H21NO4/c1-4-6-9-18(3)16(19)14-10-12-7-8-13(21-5-2)11-15(12)22-17(14)20/h7-8,10-11H,4-6,9H2,1-3H3. The first kappa shape index (κ1) is 16.1. The Morgan fingerprint density at radius 2 is 2.05 bits per heavy atom. The van der Waals surface area contributed by atoms with Crippen LogP contribution in [0, 0.1) is 0 Å². The molecule has 0 saturated carbocycles. The lowest BCUT2D eigenvalue weighted by Gasteiger charge is -2.16. The minimum atomic E-state index is -0.616. The van der Waals surface area contributed by atoms with Gasteiger partial charge in [-0.25, -0.2) is 4.79 Å². The van der Waals surface area contributed by atoms with E-state index in [0.717, 1.165) is 12.8 Å². The van der Waals surface area contributed by atoms with Crippen LogP contribution in [-0.4, -0.2) is 31.0 Å². The number of nitrogens with zero attached hydrogens (tertiary/aromatic N) is 1. The SMILES string of the molecule is CCCCN(C)C(=O)c1cc2ccc(OCC)cc2oc1=O. The largest absolute Gasteiger partial charge is 0.494 e. The van der Waals surface area contributed by atoms with Crippen molar-refractivity contribution in [3.63, 3.8) is 0 Å². The molecule has 5 heteroatoms. The fraction of sp³-hybridized carbons (Fsp3) is 0.412. The zero-order valence-electron chi connectivity index (χ0n) is 13.2. The van der Waals surface area contributed by atoms with Crippen LogP contribution in [0.5, 0.6) is 5.75 Å². The maximum atomic E-state index is 12.3. The number of hydrogen-bond acceptors (Lipinski definition) is 4. The maximum absolute atomic E-state index is 12.3. The Labute approximate surface area is 129 Å². The number of rotatable bonds is 6. The predicted molar refractivity (Wildman–Crippen MR) is 85.5 cm³/mol. The van der Waals surface area contributed by atoms with Gasteiger partial charge in [-0.2, -0.15) is 0 Å². The maximum Gasteiger partial charge on any atom is 0.349 e. The van der Waals surface area contributed by atoms with Crippen molar-refractivity contribution in [1.82, 2.24) is 4.90 Å². The molecule has 1 aromatic heterocycles. The number of amides is 1. The lowest BCUT2D eigenvalue weighted by molar-refractivity contribution is 0.0789. The molecule has 0 atom stereocenters. The van der Waals surface area contributed by atoms with Gasteiger partial charge >= 0.3 is 5.63 Å². The number of unbranched alkanes of at least 4 members (excludes halogenated alkanes) is 1. The summed E-state index contributed by atoms with van der Waals surface area (Å²) in [6, 6.07) is 6.82. The quantitative estimate of drug-likeness (QED) is 0.770. The number of hydrogen-bond donors (Lipinski definition) is 0. The van der Waals surface area contributed by atoms with E-state index in [9.17, 15) is 9.59 Å². The average Bonchev–Trinajstić information content (AvgIpc) is 2.51. The Morgan fingerprint density at radius 1 is 1.27 bits per heavy atom. The Hall–Kier alpha value is -2.30. The number of carbonyl (C=O) groups is 1. The summed E-state index contributed by atoms with van der Waals surface area (Å²) in [5, 5.41) is 0.704. The highest BCUT2D eigenvalue weighted by Crippen LogP contribution is 2.20. The molecule has 0 bridgehead atoms. The number of ether oxygens (including phenoxy) is 1. The highest BCUT2D eigenvalue weighted by molar-refractivity contribution is 5.96. The van der Waals surface area contributed by atoms with Crippen LogP contribution in [0.15, 0.2) is 33.5 Å². The van der Waals surface area contributed by atoms with Gasteiger partial charge in [0.25, 0.3) is 5.91 Å². The van der Waals surface area contributed by atoms with E-state index in [-0.39, 0.29) is 11.5 Å². The van der Waals surface area contributed by atoms with E-state index in [2.05, 4.69) is 6.92 Å². The molecule has 22 heavy (non-hydrogen) atoms. The van der Waals surface area contributed by atoms with Gasteiger partial charge in [-0.05, 0) is 31.5 Å². The van der Waals surface area contributed by atoms with Crippen LogP contribution in [-0.2, 0) is 0 Å². The fourth-order valence-corrected chi connectivity index (χ4v) is 2.20. The summed E-state index contributed by atoms with van der Waals surface area (Å²) in [5.74, 6) is 0.329. The normalized spacial score (nSPS) is 10.7. The molecule has 0 unspecified atom stereocenters. The molecule has 2 aromatic rings. The molecular formula is C17H21NO4. The average molecular weight is 303 g/mol. The second kappa shape index (κ2) is 7.11. The molecule has 1 aromatic carbocycles. The zero-order chi connectivity index (χ0) is 16.1. The topological polar surface area (TPSA) is 59.8 Å². The van der Waals surface area contributed by atoms with Gasteiger partial charge < -0.3 is 14.1 Å². The van der Waals surface area contributed by atoms with E-state index in [0.29, 0.717) is 29.9 Å². The molecule has 0 fully saturated rings. The minimum Gasteiger partial charge on any atom is -0.494 e. The van der Waals surface area contributed by atoms with Crippen LogP contribution in [0.3, 0.4) is 0 Å². The highest BCUT2D eigenvalue weighted by atomic mass is 16.5. The van der Waals surface area contributed by atoms with Crippen molar-refractivity contribution in [2.75, 3.05) is 20.2 Å². The van der Waals surface area contributed by atoms with Gasteiger partial charge in [0.15, 0.2) is 0 Å². The van der Waals surface area contributed by atoms with Crippen molar-refractivity contribution in [2.45, 2.75) is 26.7 Å². The zero-order valence-corrected chi connectivity index (χ0v) is 13.2. The molecule has 1 heterocycles. The molecule has 118 valence electrons. The van der Waals surface area contributed by atoms with Crippen LogP contribution in [0.25, 0.3) is 11.0 Å². The first-order valence-electron chi connectivity index (χ1n) is 7.53.